The Kier molecular flexibility index (Phi) is 6.48. The van der Waals surface area contributed by atoms with Gasteiger partial charge < -0.3 is 20.4 Å². The molecule has 2 unspecified atom stereocenters. The van der Waals surface area contributed by atoms with Gasteiger partial charge in [0.2, 0.25) is 0 Å². The van der Waals surface area contributed by atoms with E-state index in [-0.39, 0.29) is 25.0 Å². The second-order valence-electron chi connectivity index (χ2n) is 3.74. The van der Waals surface area contributed by atoms with Crippen molar-refractivity contribution in [1.29, 1.82) is 0 Å². The van der Waals surface area contributed by atoms with Gasteiger partial charge in [0.15, 0.2) is 6.10 Å². The molecule has 6 nitrogen and oxygen atoms in total. The van der Waals surface area contributed by atoms with Crippen LogP contribution in [0, 0.1) is 0 Å². The molecule has 2 amide bonds. The summed E-state index contributed by atoms with van der Waals surface area (Å²) in [5.74, 6) is -1.27. The first-order chi connectivity index (χ1) is 7.40. The van der Waals surface area contributed by atoms with E-state index in [0.717, 1.165) is 6.42 Å². The Labute approximate surface area is 95.2 Å². The van der Waals surface area contributed by atoms with Crippen LogP contribution in [0.25, 0.3) is 0 Å². The molecule has 3 N–H and O–H groups in total. The topological polar surface area (TPSA) is 89.9 Å². The molecule has 0 aromatic heterocycles. The third-order valence-corrected chi connectivity index (χ3v) is 2.55. The smallest absolute Gasteiger partial charge is 0.332 e. The number of carboxylic acid groups (broad SMARTS) is 1. The van der Waals surface area contributed by atoms with Crippen LogP contribution >= 0.6 is 0 Å². The predicted octanol–water partition coefficient (Wildman–Crippen LogP) is 0.262. The van der Waals surface area contributed by atoms with Crippen molar-refractivity contribution in [1.82, 2.24) is 10.2 Å². The highest BCUT2D eigenvalue weighted by atomic mass is 16.4. The maximum atomic E-state index is 11.5. The maximum Gasteiger partial charge on any atom is 0.332 e. The van der Waals surface area contributed by atoms with Crippen LogP contribution in [0.2, 0.25) is 0 Å². The normalized spacial score (nSPS) is 14.0. The number of nitrogens with zero attached hydrogens (tertiary/aromatic N) is 1. The molecule has 0 aromatic rings. The summed E-state index contributed by atoms with van der Waals surface area (Å²) in [5.41, 5.74) is 0. The second-order valence-corrected chi connectivity index (χ2v) is 3.74. The summed E-state index contributed by atoms with van der Waals surface area (Å²) in [6.07, 6.45) is -0.564. The molecule has 0 bridgehead atoms. The Morgan fingerprint density at radius 2 is 2.00 bits per heavy atom. The molecule has 0 saturated carbocycles. The molecule has 0 radical (unpaired) electrons. The highest BCUT2D eigenvalue weighted by Gasteiger charge is 2.16. The number of carboxylic acids is 1. The Morgan fingerprint density at radius 3 is 2.44 bits per heavy atom. The molecule has 16 heavy (non-hydrogen) atoms. The van der Waals surface area contributed by atoms with Gasteiger partial charge in [-0.1, -0.05) is 6.92 Å². The number of rotatable bonds is 6. The lowest BCUT2D eigenvalue weighted by molar-refractivity contribution is -0.146. The number of hydrogen-bond acceptors (Lipinski definition) is 3. The molecule has 0 aliphatic rings. The van der Waals surface area contributed by atoms with Crippen LogP contribution in [-0.4, -0.2) is 52.9 Å². The van der Waals surface area contributed by atoms with Crippen LogP contribution < -0.4 is 5.32 Å². The van der Waals surface area contributed by atoms with Gasteiger partial charge in [-0.3, -0.25) is 0 Å². The molecule has 0 heterocycles. The molecule has 0 aromatic carbocycles. The number of hydrogen-bond donors (Lipinski definition) is 3. The van der Waals surface area contributed by atoms with Crippen LogP contribution in [0.1, 0.15) is 26.7 Å². The van der Waals surface area contributed by atoms with Crippen LogP contribution in [-0.2, 0) is 4.79 Å². The predicted molar refractivity (Wildman–Crippen MR) is 59.2 cm³/mol. The lowest BCUT2D eigenvalue weighted by Crippen LogP contribution is -2.43. The van der Waals surface area contributed by atoms with Crippen LogP contribution in [0.5, 0.6) is 0 Å². The number of urea groups is 1. The van der Waals surface area contributed by atoms with E-state index < -0.39 is 12.1 Å². The third kappa shape index (κ3) is 4.97. The molecule has 0 spiro atoms. The Morgan fingerprint density at radius 1 is 1.44 bits per heavy atom. The SMILES string of the molecule is CCC(C)N(C)C(=O)NCCC(O)C(=O)O. The molecule has 2 atom stereocenters. The largest absolute Gasteiger partial charge is 0.479 e. The number of nitrogens with one attached hydrogen (secondary N) is 1. The van der Waals surface area contributed by atoms with E-state index in [9.17, 15) is 9.59 Å². The van der Waals surface area contributed by atoms with Gasteiger partial charge in [-0.15, -0.1) is 0 Å². The summed E-state index contributed by atoms with van der Waals surface area (Å²) in [4.78, 5) is 23.3. The van der Waals surface area contributed by atoms with Crippen LogP contribution in [0.4, 0.5) is 4.79 Å². The molecular weight excluding hydrogens is 212 g/mol. The zero-order valence-corrected chi connectivity index (χ0v) is 9.93. The maximum absolute atomic E-state index is 11.5. The molecule has 0 rings (SSSR count). The van der Waals surface area contributed by atoms with Crippen molar-refractivity contribution in [3.05, 3.63) is 0 Å². The molecule has 6 heteroatoms. The Hall–Kier alpha value is -1.30. The summed E-state index contributed by atoms with van der Waals surface area (Å²) in [6, 6.07) is -0.128. The minimum atomic E-state index is -1.42. The number of aliphatic carboxylic acids is 1. The van der Waals surface area contributed by atoms with Gasteiger partial charge in [0.25, 0.3) is 0 Å². The minimum Gasteiger partial charge on any atom is -0.479 e. The van der Waals surface area contributed by atoms with Gasteiger partial charge in [0.05, 0.1) is 0 Å². The fourth-order valence-corrected chi connectivity index (χ4v) is 1.04. The Balaban J connectivity index is 3.85. The molecule has 0 saturated heterocycles. The fraction of sp³-hybridized carbons (Fsp3) is 0.800. The standard InChI is InChI=1S/C10H20N2O4/c1-4-7(2)12(3)10(16)11-6-5-8(13)9(14)15/h7-8,13H,4-6H2,1-3H3,(H,11,16)(H,14,15). The highest BCUT2D eigenvalue weighted by molar-refractivity contribution is 5.74. The molecule has 0 aliphatic carbocycles. The van der Waals surface area contributed by atoms with E-state index in [2.05, 4.69) is 5.32 Å². The molecule has 0 aliphatic heterocycles. The van der Waals surface area contributed by atoms with Crippen molar-refractivity contribution in [2.75, 3.05) is 13.6 Å². The molecule has 0 fully saturated rings. The van der Waals surface area contributed by atoms with Gasteiger partial charge in [0.1, 0.15) is 0 Å². The number of amides is 2. The zero-order valence-electron chi connectivity index (χ0n) is 9.93. The average molecular weight is 232 g/mol. The average Bonchev–Trinajstić information content (AvgIpc) is 2.26. The number of aliphatic hydroxyl groups is 1. The summed E-state index contributed by atoms with van der Waals surface area (Å²) >= 11 is 0. The van der Waals surface area contributed by atoms with Crippen molar-refractivity contribution in [3.8, 4) is 0 Å². The molecule has 94 valence electrons. The van der Waals surface area contributed by atoms with Crippen molar-refractivity contribution in [2.45, 2.75) is 38.8 Å². The van der Waals surface area contributed by atoms with Gasteiger partial charge in [-0.2, -0.15) is 0 Å². The quantitative estimate of drug-likeness (QED) is 0.613. The lowest BCUT2D eigenvalue weighted by Gasteiger charge is -2.24. The zero-order chi connectivity index (χ0) is 12.7. The van der Waals surface area contributed by atoms with Crippen LogP contribution in [0.3, 0.4) is 0 Å². The minimum absolute atomic E-state index is 0.00934. The van der Waals surface area contributed by atoms with Crippen LogP contribution in [0.15, 0.2) is 0 Å². The van der Waals surface area contributed by atoms with Gasteiger partial charge >= 0.3 is 12.0 Å². The summed E-state index contributed by atoms with van der Waals surface area (Å²) in [6.45, 7) is 4.04. The Bertz CT molecular complexity index is 245. The van der Waals surface area contributed by atoms with Gasteiger partial charge in [0, 0.05) is 26.1 Å². The van der Waals surface area contributed by atoms with Gasteiger partial charge in [-0.05, 0) is 13.3 Å². The highest BCUT2D eigenvalue weighted by Crippen LogP contribution is 2.00. The van der Waals surface area contributed by atoms with E-state index in [1.54, 1.807) is 11.9 Å². The first kappa shape index (κ1) is 14.7. The van der Waals surface area contributed by atoms with Crippen molar-refractivity contribution in [3.63, 3.8) is 0 Å². The van der Waals surface area contributed by atoms with E-state index in [1.165, 1.54) is 0 Å². The number of carbonyl (C=O) groups excluding carboxylic acids is 1. The first-order valence-corrected chi connectivity index (χ1v) is 5.31. The monoisotopic (exact) mass is 232 g/mol. The lowest BCUT2D eigenvalue weighted by atomic mass is 10.2. The fourth-order valence-electron chi connectivity index (χ4n) is 1.04. The summed E-state index contributed by atoms with van der Waals surface area (Å²) < 4.78 is 0. The van der Waals surface area contributed by atoms with Crippen molar-refractivity contribution in [2.24, 2.45) is 0 Å². The number of aliphatic hydroxyl groups excluding tert-OH is 1. The van der Waals surface area contributed by atoms with E-state index in [4.69, 9.17) is 10.2 Å². The van der Waals surface area contributed by atoms with E-state index in [1.807, 2.05) is 13.8 Å². The van der Waals surface area contributed by atoms with E-state index in [0.29, 0.717) is 0 Å². The third-order valence-electron chi connectivity index (χ3n) is 2.55. The van der Waals surface area contributed by atoms with Gasteiger partial charge in [-0.25, -0.2) is 9.59 Å². The number of carbonyl (C=O) groups is 2. The second kappa shape index (κ2) is 7.05. The van der Waals surface area contributed by atoms with Crippen molar-refractivity contribution >= 4 is 12.0 Å². The van der Waals surface area contributed by atoms with Crippen molar-refractivity contribution < 1.29 is 19.8 Å². The molecular formula is C10H20N2O4. The summed E-state index contributed by atoms with van der Waals surface area (Å²) in [7, 11) is 1.68. The van der Waals surface area contributed by atoms with E-state index >= 15 is 0 Å². The first-order valence-electron chi connectivity index (χ1n) is 5.31. The summed E-state index contributed by atoms with van der Waals surface area (Å²) in [5, 5.41) is 19.9.